The van der Waals surface area contributed by atoms with Crippen molar-refractivity contribution in [2.45, 2.75) is 13.8 Å². The van der Waals surface area contributed by atoms with Crippen LogP contribution in [0.25, 0.3) is 11.3 Å². The summed E-state index contributed by atoms with van der Waals surface area (Å²) < 4.78 is 5.08. The van der Waals surface area contributed by atoms with Crippen LogP contribution in [0.15, 0.2) is 24.3 Å². The van der Waals surface area contributed by atoms with E-state index in [1.807, 2.05) is 0 Å². The van der Waals surface area contributed by atoms with E-state index in [4.69, 9.17) is 4.74 Å². The molecule has 0 amide bonds. The number of rotatable bonds is 5. The molecule has 126 valence electrons. The van der Waals surface area contributed by atoms with Crippen molar-refractivity contribution >= 4 is 17.6 Å². The summed E-state index contributed by atoms with van der Waals surface area (Å²) in [4.78, 5) is 33.2. The van der Waals surface area contributed by atoms with Gasteiger partial charge < -0.3 is 9.64 Å². The fraction of sp³-hybridized carbons (Fsp3) is 0.312. The van der Waals surface area contributed by atoms with Gasteiger partial charge in [-0.1, -0.05) is 12.1 Å². The highest BCUT2D eigenvalue weighted by Crippen LogP contribution is 2.28. The van der Waals surface area contributed by atoms with Gasteiger partial charge in [0.1, 0.15) is 5.56 Å². The maximum atomic E-state index is 12.3. The van der Waals surface area contributed by atoms with Crippen molar-refractivity contribution in [3.8, 4) is 11.3 Å². The molecule has 0 spiro atoms. The van der Waals surface area contributed by atoms with Crippen molar-refractivity contribution in [1.29, 1.82) is 0 Å². The van der Waals surface area contributed by atoms with Crippen LogP contribution < -0.4 is 4.90 Å². The van der Waals surface area contributed by atoms with E-state index < -0.39 is 10.9 Å². The van der Waals surface area contributed by atoms with Gasteiger partial charge in [-0.05, 0) is 13.8 Å². The highest BCUT2D eigenvalue weighted by atomic mass is 16.6. The number of ether oxygens (including phenoxy) is 1. The maximum Gasteiger partial charge on any atom is 0.342 e. The fourth-order valence-corrected chi connectivity index (χ4v) is 2.18. The summed E-state index contributed by atoms with van der Waals surface area (Å²) in [6.07, 6.45) is 0. The number of benzene rings is 1. The Morgan fingerprint density at radius 2 is 2.04 bits per heavy atom. The van der Waals surface area contributed by atoms with Gasteiger partial charge in [0.2, 0.25) is 5.95 Å². The number of nitro benzene ring substituents is 1. The predicted molar refractivity (Wildman–Crippen MR) is 89.1 cm³/mol. The first-order chi connectivity index (χ1) is 11.3. The molecular formula is C16H18N4O4. The predicted octanol–water partition coefficient (Wildman–Crippen LogP) is 2.60. The third kappa shape index (κ3) is 3.48. The Labute approximate surface area is 139 Å². The van der Waals surface area contributed by atoms with E-state index >= 15 is 0 Å². The summed E-state index contributed by atoms with van der Waals surface area (Å²) in [6, 6.07) is 5.98. The molecule has 0 saturated carbocycles. The number of aromatic nitrogens is 2. The van der Waals surface area contributed by atoms with Gasteiger partial charge in [-0.3, -0.25) is 10.1 Å². The number of anilines is 1. The summed E-state index contributed by atoms with van der Waals surface area (Å²) in [5, 5.41) is 11.0. The van der Waals surface area contributed by atoms with Gasteiger partial charge in [0.15, 0.2) is 0 Å². The molecule has 0 N–H and O–H groups in total. The number of hydrogen-bond acceptors (Lipinski definition) is 7. The first-order valence-electron chi connectivity index (χ1n) is 7.33. The largest absolute Gasteiger partial charge is 0.462 e. The average Bonchev–Trinajstić information content (AvgIpc) is 2.54. The van der Waals surface area contributed by atoms with Gasteiger partial charge in [-0.25, -0.2) is 14.8 Å². The number of carbonyl (C=O) groups excluding carboxylic acids is 1. The molecule has 0 saturated heterocycles. The molecule has 0 aliphatic heterocycles. The molecule has 0 bridgehead atoms. The minimum atomic E-state index is -0.554. The van der Waals surface area contributed by atoms with E-state index in [0.29, 0.717) is 22.9 Å². The Balaban J connectivity index is 2.71. The summed E-state index contributed by atoms with van der Waals surface area (Å²) >= 11 is 0. The SMILES string of the molecule is CCOC(=O)c1c(C)nc(N(C)C)nc1-c1cccc([N+](=O)[O-])c1. The van der Waals surface area contributed by atoms with Crippen molar-refractivity contribution in [2.75, 3.05) is 25.6 Å². The van der Waals surface area contributed by atoms with Crippen LogP contribution in [0.3, 0.4) is 0 Å². The lowest BCUT2D eigenvalue weighted by atomic mass is 10.0. The van der Waals surface area contributed by atoms with Crippen LogP contribution in [0.5, 0.6) is 0 Å². The average molecular weight is 330 g/mol. The summed E-state index contributed by atoms with van der Waals surface area (Å²) in [5.74, 6) is -0.149. The van der Waals surface area contributed by atoms with E-state index in [-0.39, 0.29) is 17.9 Å². The molecule has 24 heavy (non-hydrogen) atoms. The van der Waals surface area contributed by atoms with E-state index in [0.717, 1.165) is 0 Å². The molecular weight excluding hydrogens is 312 g/mol. The molecule has 0 aliphatic rings. The number of nitrogens with zero attached hydrogens (tertiary/aromatic N) is 4. The minimum Gasteiger partial charge on any atom is -0.462 e. The lowest BCUT2D eigenvalue weighted by molar-refractivity contribution is -0.384. The first kappa shape index (κ1) is 17.3. The minimum absolute atomic E-state index is 0.0787. The lowest BCUT2D eigenvalue weighted by Crippen LogP contribution is -2.18. The van der Waals surface area contributed by atoms with Gasteiger partial charge in [-0.2, -0.15) is 0 Å². The van der Waals surface area contributed by atoms with Gasteiger partial charge in [0.05, 0.1) is 22.9 Å². The number of carbonyl (C=O) groups is 1. The van der Waals surface area contributed by atoms with Gasteiger partial charge >= 0.3 is 5.97 Å². The number of aryl methyl sites for hydroxylation is 1. The molecule has 0 fully saturated rings. The zero-order valence-electron chi connectivity index (χ0n) is 13.9. The normalized spacial score (nSPS) is 10.3. The van der Waals surface area contributed by atoms with E-state index in [9.17, 15) is 14.9 Å². The maximum absolute atomic E-state index is 12.3. The fourth-order valence-electron chi connectivity index (χ4n) is 2.18. The number of non-ortho nitro benzene ring substituents is 1. The second-order valence-electron chi connectivity index (χ2n) is 5.25. The van der Waals surface area contributed by atoms with Crippen molar-refractivity contribution in [3.63, 3.8) is 0 Å². The highest BCUT2D eigenvalue weighted by molar-refractivity contribution is 5.97. The number of nitro groups is 1. The second kappa shape index (κ2) is 7.03. The zero-order chi connectivity index (χ0) is 17.9. The molecule has 1 aromatic heterocycles. The third-order valence-electron chi connectivity index (χ3n) is 3.29. The Hall–Kier alpha value is -3.03. The molecule has 2 rings (SSSR count). The Morgan fingerprint density at radius 1 is 1.33 bits per heavy atom. The molecule has 1 aromatic carbocycles. The molecule has 0 radical (unpaired) electrons. The molecule has 2 aromatic rings. The van der Waals surface area contributed by atoms with Crippen LogP contribution in [0.4, 0.5) is 11.6 Å². The molecule has 8 heteroatoms. The molecule has 1 heterocycles. The molecule has 0 unspecified atom stereocenters. The standard InChI is InChI=1S/C16H18N4O4/c1-5-24-15(21)13-10(2)17-16(19(3)4)18-14(13)11-7-6-8-12(9-11)20(22)23/h6-9H,5H2,1-4H3. The van der Waals surface area contributed by atoms with Gasteiger partial charge in [0, 0.05) is 31.8 Å². The third-order valence-corrected chi connectivity index (χ3v) is 3.29. The summed E-state index contributed by atoms with van der Waals surface area (Å²) in [5.41, 5.74) is 1.36. The van der Waals surface area contributed by atoms with Gasteiger partial charge in [0.25, 0.3) is 5.69 Å². The van der Waals surface area contributed by atoms with Crippen molar-refractivity contribution in [2.24, 2.45) is 0 Å². The van der Waals surface area contributed by atoms with E-state index in [1.165, 1.54) is 12.1 Å². The quantitative estimate of drug-likeness (QED) is 0.472. The monoisotopic (exact) mass is 330 g/mol. The summed E-state index contributed by atoms with van der Waals surface area (Å²) in [6.45, 7) is 3.60. The zero-order valence-corrected chi connectivity index (χ0v) is 13.9. The van der Waals surface area contributed by atoms with Crippen LogP contribution >= 0.6 is 0 Å². The molecule has 0 aliphatic carbocycles. The van der Waals surface area contributed by atoms with Crippen molar-refractivity contribution in [1.82, 2.24) is 9.97 Å². The number of hydrogen-bond donors (Lipinski definition) is 0. The number of esters is 1. The smallest absolute Gasteiger partial charge is 0.342 e. The first-order valence-corrected chi connectivity index (χ1v) is 7.33. The Bertz CT molecular complexity index is 790. The lowest BCUT2D eigenvalue weighted by Gasteiger charge is -2.16. The summed E-state index contributed by atoms with van der Waals surface area (Å²) in [7, 11) is 3.55. The topological polar surface area (TPSA) is 98.5 Å². The van der Waals surface area contributed by atoms with E-state index in [2.05, 4.69) is 9.97 Å². The Kier molecular flexibility index (Phi) is 5.08. The molecule has 0 atom stereocenters. The van der Waals surface area contributed by atoms with Crippen LogP contribution in [0, 0.1) is 17.0 Å². The van der Waals surface area contributed by atoms with Crippen molar-refractivity contribution in [3.05, 3.63) is 45.6 Å². The van der Waals surface area contributed by atoms with Crippen LogP contribution in [0.2, 0.25) is 0 Å². The molecule has 8 nitrogen and oxygen atoms in total. The van der Waals surface area contributed by atoms with Crippen LogP contribution in [0.1, 0.15) is 23.0 Å². The second-order valence-corrected chi connectivity index (χ2v) is 5.25. The van der Waals surface area contributed by atoms with Crippen LogP contribution in [-0.2, 0) is 4.74 Å². The Morgan fingerprint density at radius 3 is 2.62 bits per heavy atom. The van der Waals surface area contributed by atoms with Crippen LogP contribution in [-0.4, -0.2) is 41.6 Å². The van der Waals surface area contributed by atoms with Gasteiger partial charge in [-0.15, -0.1) is 0 Å². The van der Waals surface area contributed by atoms with E-state index in [1.54, 1.807) is 45.0 Å². The van der Waals surface area contributed by atoms with Crippen molar-refractivity contribution < 1.29 is 14.5 Å². The highest BCUT2D eigenvalue weighted by Gasteiger charge is 2.22.